The minimum Gasteiger partial charge on any atom is -0.756 e. The Morgan fingerprint density at radius 2 is 1.26 bits per heavy atom. The van der Waals surface area contributed by atoms with Gasteiger partial charge in [0, 0.05) is 6.42 Å². The Labute approximate surface area is 323 Å². The Morgan fingerprint density at radius 1 is 0.717 bits per heavy atom. The first-order valence-corrected chi connectivity index (χ1v) is 21.5. The van der Waals surface area contributed by atoms with Crippen LogP contribution in [-0.2, 0) is 18.4 Å². The van der Waals surface area contributed by atoms with Crippen molar-refractivity contribution in [1.29, 1.82) is 0 Å². The normalized spacial score (nSPS) is 16.0. The second-order valence-corrected chi connectivity index (χ2v) is 15.9. The van der Waals surface area contributed by atoms with Gasteiger partial charge in [-0.05, 0) is 70.6 Å². The smallest absolute Gasteiger partial charge is 0.268 e. The Morgan fingerprint density at radius 3 is 1.89 bits per heavy atom. The molecule has 0 saturated heterocycles. The van der Waals surface area contributed by atoms with Crippen molar-refractivity contribution in [3.63, 3.8) is 0 Å². The minimum atomic E-state index is -4.61. The molecule has 0 aliphatic rings. The average molecular weight is 763 g/mol. The van der Waals surface area contributed by atoms with Gasteiger partial charge >= 0.3 is 0 Å². The molecule has 0 aliphatic carbocycles. The SMILES string of the molecule is CCC/C=C\CCCCCCCC/C=C/[C@@H](O)[C@H](COP(=O)([O-])OCC[N+](C)(C)C)NC(=O)CCC/C=C\C/C=C\C/C=C\C/C=C\C=C\[C@H](O)CC. The Balaban J connectivity index is 4.66. The molecule has 0 spiro atoms. The number of rotatable bonds is 34. The van der Waals surface area contributed by atoms with Gasteiger partial charge in [-0.2, -0.15) is 0 Å². The van der Waals surface area contributed by atoms with Crippen molar-refractivity contribution >= 4 is 13.7 Å². The number of phosphoric ester groups is 1. The van der Waals surface area contributed by atoms with E-state index in [1.807, 2.05) is 58.4 Å². The maximum atomic E-state index is 12.8. The minimum absolute atomic E-state index is 0.0248. The number of hydrogen-bond donors (Lipinski definition) is 3. The molecule has 0 bridgehead atoms. The standard InChI is InChI=1S/C43H75N2O7P/c1-6-8-9-10-11-12-13-16-20-23-26-29-32-35-42(47)41(39-52-53(49,50)51-38-37-45(3,4)5)44-43(48)36-33-30-27-24-21-18-15-14-17-19-22-25-28-31-34-40(46)7-2/h9-10,15,17-19,24-25,27-28,31-32,34-35,40-42,46-47H,6-8,11-14,16,20-23,26,29-30,33,36-39H2,1-5H3,(H-,44,48,49,50)/b10-9-,18-15-,19-17-,27-24-,28-25-,34-31+,35-32+/t40-,41+,42-/m1/s1. The predicted octanol–water partition coefficient (Wildman–Crippen LogP) is 8.97. The molecule has 0 aromatic heterocycles. The van der Waals surface area contributed by atoms with Gasteiger partial charge in [-0.15, -0.1) is 0 Å². The fourth-order valence-electron chi connectivity index (χ4n) is 4.84. The fraction of sp³-hybridized carbons (Fsp3) is 0.651. The molecule has 9 nitrogen and oxygen atoms in total. The van der Waals surface area contributed by atoms with Gasteiger partial charge in [-0.1, -0.05) is 131 Å². The van der Waals surface area contributed by atoms with Crippen LogP contribution in [0.25, 0.3) is 0 Å². The van der Waals surface area contributed by atoms with Crippen LogP contribution in [0.4, 0.5) is 0 Å². The maximum Gasteiger partial charge on any atom is 0.268 e. The van der Waals surface area contributed by atoms with Gasteiger partial charge in [0.05, 0.1) is 46.0 Å². The van der Waals surface area contributed by atoms with Gasteiger partial charge in [0.25, 0.3) is 7.82 Å². The quantitative estimate of drug-likeness (QED) is 0.0196. The number of phosphoric acid groups is 1. The van der Waals surface area contributed by atoms with Crippen molar-refractivity contribution in [3.05, 3.63) is 85.1 Å². The Hall–Kier alpha value is -2.36. The summed E-state index contributed by atoms with van der Waals surface area (Å²) in [5.74, 6) is -0.275. The van der Waals surface area contributed by atoms with Crippen LogP contribution in [0.1, 0.15) is 123 Å². The highest BCUT2D eigenvalue weighted by Gasteiger charge is 2.23. The lowest BCUT2D eigenvalue weighted by Crippen LogP contribution is -2.45. The number of quaternary nitrogens is 1. The molecule has 53 heavy (non-hydrogen) atoms. The van der Waals surface area contributed by atoms with Crippen LogP contribution in [0.5, 0.6) is 0 Å². The lowest BCUT2D eigenvalue weighted by molar-refractivity contribution is -0.870. The van der Waals surface area contributed by atoms with E-state index in [4.69, 9.17) is 9.05 Å². The number of amides is 1. The number of carbonyl (C=O) groups is 1. The van der Waals surface area contributed by atoms with Crippen molar-refractivity contribution < 1.29 is 38.0 Å². The molecule has 0 fully saturated rings. The molecule has 10 heteroatoms. The number of nitrogens with zero attached hydrogens (tertiary/aromatic N) is 1. The van der Waals surface area contributed by atoms with E-state index in [1.165, 1.54) is 32.1 Å². The van der Waals surface area contributed by atoms with Gasteiger partial charge in [-0.3, -0.25) is 9.36 Å². The van der Waals surface area contributed by atoms with E-state index >= 15 is 0 Å². The molecule has 0 radical (unpaired) electrons. The van der Waals surface area contributed by atoms with Crippen LogP contribution < -0.4 is 10.2 Å². The van der Waals surface area contributed by atoms with Crippen molar-refractivity contribution in [1.82, 2.24) is 5.32 Å². The number of aliphatic hydroxyl groups excluding tert-OH is 2. The van der Waals surface area contributed by atoms with Gasteiger partial charge in [0.2, 0.25) is 5.91 Å². The molecule has 4 atom stereocenters. The van der Waals surface area contributed by atoms with Crippen LogP contribution >= 0.6 is 7.82 Å². The molecule has 0 heterocycles. The summed E-state index contributed by atoms with van der Waals surface area (Å²) in [7, 11) is 1.18. The zero-order chi connectivity index (χ0) is 39.5. The predicted molar refractivity (Wildman–Crippen MR) is 220 cm³/mol. The summed E-state index contributed by atoms with van der Waals surface area (Å²) >= 11 is 0. The third-order valence-corrected chi connectivity index (χ3v) is 9.18. The van der Waals surface area contributed by atoms with Crippen LogP contribution in [0.2, 0.25) is 0 Å². The zero-order valence-corrected chi connectivity index (χ0v) is 34.7. The maximum absolute atomic E-state index is 12.8. The van der Waals surface area contributed by atoms with Crippen molar-refractivity contribution in [3.8, 4) is 0 Å². The zero-order valence-electron chi connectivity index (χ0n) is 33.8. The highest BCUT2D eigenvalue weighted by molar-refractivity contribution is 7.45. The molecule has 1 unspecified atom stereocenters. The first-order valence-electron chi connectivity index (χ1n) is 20.1. The van der Waals surface area contributed by atoms with Gasteiger partial charge in [0.15, 0.2) is 0 Å². The molecule has 0 rings (SSSR count). The Bertz CT molecular complexity index is 1150. The Kier molecular flexibility index (Phi) is 32.6. The lowest BCUT2D eigenvalue weighted by Gasteiger charge is -2.29. The number of allylic oxidation sites excluding steroid dienone is 12. The highest BCUT2D eigenvalue weighted by Crippen LogP contribution is 2.38. The van der Waals surface area contributed by atoms with E-state index in [1.54, 1.807) is 12.2 Å². The van der Waals surface area contributed by atoms with Gasteiger partial charge in [-0.25, -0.2) is 0 Å². The molecule has 0 aromatic rings. The van der Waals surface area contributed by atoms with Crippen LogP contribution in [0.15, 0.2) is 85.1 Å². The third kappa shape index (κ3) is 36.4. The van der Waals surface area contributed by atoms with Gasteiger partial charge in [0.1, 0.15) is 13.2 Å². The number of aliphatic hydroxyl groups is 2. The second kappa shape index (κ2) is 34.2. The molecule has 3 N–H and O–H groups in total. The van der Waals surface area contributed by atoms with E-state index in [9.17, 15) is 24.5 Å². The summed E-state index contributed by atoms with van der Waals surface area (Å²) in [5.41, 5.74) is 0. The van der Waals surface area contributed by atoms with Crippen LogP contribution in [-0.4, -0.2) is 79.8 Å². The lowest BCUT2D eigenvalue weighted by atomic mass is 10.1. The van der Waals surface area contributed by atoms with E-state index in [-0.39, 0.29) is 25.0 Å². The molecule has 304 valence electrons. The van der Waals surface area contributed by atoms with E-state index in [0.717, 1.165) is 57.8 Å². The summed E-state index contributed by atoms with van der Waals surface area (Å²) < 4.78 is 23.1. The first kappa shape index (κ1) is 50.6. The van der Waals surface area contributed by atoms with Crippen molar-refractivity contribution in [2.45, 2.75) is 141 Å². The van der Waals surface area contributed by atoms with E-state index in [0.29, 0.717) is 23.9 Å². The molecule has 0 saturated carbocycles. The third-order valence-electron chi connectivity index (χ3n) is 8.22. The summed E-state index contributed by atoms with van der Waals surface area (Å²) in [4.78, 5) is 25.2. The number of carbonyl (C=O) groups excluding carboxylic acids is 1. The molecule has 1 amide bonds. The number of nitrogens with one attached hydrogen (secondary N) is 1. The van der Waals surface area contributed by atoms with Crippen LogP contribution in [0, 0.1) is 0 Å². The number of unbranched alkanes of at least 4 members (excludes halogenated alkanes) is 9. The summed E-state index contributed by atoms with van der Waals surface area (Å²) in [6, 6.07) is -0.934. The van der Waals surface area contributed by atoms with E-state index in [2.05, 4.69) is 54.8 Å². The molecule has 0 aromatic carbocycles. The summed E-state index contributed by atoms with van der Waals surface area (Å²) in [6.07, 6.45) is 43.0. The van der Waals surface area contributed by atoms with Crippen molar-refractivity contribution in [2.24, 2.45) is 0 Å². The van der Waals surface area contributed by atoms with Crippen molar-refractivity contribution in [2.75, 3.05) is 40.9 Å². The molecular formula is C43H75N2O7P. The number of hydrogen-bond acceptors (Lipinski definition) is 7. The summed E-state index contributed by atoms with van der Waals surface area (Å²) in [5, 5.41) is 23.1. The molecular weight excluding hydrogens is 687 g/mol. The largest absolute Gasteiger partial charge is 0.756 e. The highest BCUT2D eigenvalue weighted by atomic mass is 31.2. The molecule has 0 aliphatic heterocycles. The summed E-state index contributed by atoms with van der Waals surface area (Å²) in [6.45, 7) is 4.17. The monoisotopic (exact) mass is 763 g/mol. The average Bonchev–Trinajstić information content (AvgIpc) is 3.10. The number of likely N-dealkylation sites (N-methyl/N-ethyl adjacent to an activating group) is 1. The second-order valence-electron chi connectivity index (χ2n) is 14.4. The fourth-order valence-corrected chi connectivity index (χ4v) is 5.57. The van der Waals surface area contributed by atoms with E-state index < -0.39 is 26.6 Å². The first-order chi connectivity index (χ1) is 25.4. The van der Waals surface area contributed by atoms with Crippen LogP contribution in [0.3, 0.4) is 0 Å². The van der Waals surface area contributed by atoms with Gasteiger partial charge < -0.3 is 34.0 Å². The topological polar surface area (TPSA) is 128 Å².